The average molecular weight is 426 g/mol. The van der Waals surface area contributed by atoms with Crippen molar-refractivity contribution in [2.45, 2.75) is 0 Å². The molecule has 0 unspecified atom stereocenters. The van der Waals surface area contributed by atoms with Crippen molar-refractivity contribution in [2.75, 3.05) is 4.90 Å². The molecule has 1 aromatic heterocycles. The van der Waals surface area contributed by atoms with Crippen LogP contribution in [0.4, 0.5) is 5.69 Å². The molecule has 2 aromatic carbocycles. The van der Waals surface area contributed by atoms with Crippen molar-refractivity contribution >= 4 is 63.8 Å². The zero-order valence-electron chi connectivity index (χ0n) is 14.3. The summed E-state index contributed by atoms with van der Waals surface area (Å²) in [6.07, 6.45) is 1.48. The van der Waals surface area contributed by atoms with Gasteiger partial charge in [0.05, 0.1) is 11.4 Å². The minimum atomic E-state index is -0.547. The van der Waals surface area contributed by atoms with Gasteiger partial charge in [-0.15, -0.1) is 11.3 Å². The van der Waals surface area contributed by atoms with Crippen molar-refractivity contribution in [3.05, 3.63) is 76.3 Å². The van der Waals surface area contributed by atoms with E-state index in [1.54, 1.807) is 29.6 Å². The predicted molar refractivity (Wildman–Crippen MR) is 115 cm³/mol. The third kappa shape index (κ3) is 3.60. The Labute approximate surface area is 175 Å². The standard InChI is InChI=1S/C20H12ClN3O2S2/c21-13-6-8-15(9-7-13)24-19(26)16(17(25)23-20(24)27)10-14-11-28-18(22-14)12-4-2-1-3-5-12/h1-11H,(H,23,25,27). The summed E-state index contributed by atoms with van der Waals surface area (Å²) < 4.78 is 0. The molecule has 0 radical (unpaired) electrons. The lowest BCUT2D eigenvalue weighted by atomic mass is 10.1. The van der Waals surface area contributed by atoms with Crippen LogP contribution in [0.15, 0.2) is 65.6 Å². The molecule has 1 saturated heterocycles. The van der Waals surface area contributed by atoms with Gasteiger partial charge in [-0.05, 0) is 42.6 Å². The second kappa shape index (κ2) is 7.63. The lowest BCUT2D eigenvalue weighted by Crippen LogP contribution is -2.54. The number of carbonyl (C=O) groups is 2. The van der Waals surface area contributed by atoms with Crippen LogP contribution in [-0.2, 0) is 9.59 Å². The van der Waals surface area contributed by atoms with Crippen LogP contribution in [0.5, 0.6) is 0 Å². The van der Waals surface area contributed by atoms with Gasteiger partial charge in [0, 0.05) is 16.0 Å². The fraction of sp³-hybridized carbons (Fsp3) is 0. The Balaban J connectivity index is 1.67. The first-order chi connectivity index (χ1) is 13.5. The summed E-state index contributed by atoms with van der Waals surface area (Å²) in [7, 11) is 0. The molecule has 1 N–H and O–H groups in total. The predicted octanol–water partition coefficient (Wildman–Crippen LogP) is 4.29. The van der Waals surface area contributed by atoms with Gasteiger partial charge in [-0.1, -0.05) is 41.9 Å². The van der Waals surface area contributed by atoms with E-state index in [-0.39, 0.29) is 10.7 Å². The maximum Gasteiger partial charge on any atom is 0.270 e. The molecule has 1 fully saturated rings. The zero-order chi connectivity index (χ0) is 19.7. The third-order valence-electron chi connectivity index (χ3n) is 4.02. The Morgan fingerprint density at radius 1 is 1.07 bits per heavy atom. The molecule has 1 aliphatic rings. The molecule has 0 bridgehead atoms. The fourth-order valence-electron chi connectivity index (χ4n) is 2.70. The number of hydrogen-bond acceptors (Lipinski definition) is 5. The molecular formula is C20H12ClN3O2S2. The van der Waals surface area contributed by atoms with Crippen LogP contribution in [0, 0.1) is 0 Å². The van der Waals surface area contributed by atoms with Crippen LogP contribution >= 0.6 is 35.2 Å². The fourth-order valence-corrected chi connectivity index (χ4v) is 3.89. The van der Waals surface area contributed by atoms with E-state index in [0.717, 1.165) is 10.6 Å². The van der Waals surface area contributed by atoms with Gasteiger partial charge in [0.2, 0.25) is 0 Å². The number of benzene rings is 2. The highest BCUT2D eigenvalue weighted by molar-refractivity contribution is 7.80. The van der Waals surface area contributed by atoms with Crippen molar-refractivity contribution in [3.63, 3.8) is 0 Å². The number of rotatable bonds is 3. The van der Waals surface area contributed by atoms with Gasteiger partial charge in [-0.25, -0.2) is 4.98 Å². The van der Waals surface area contributed by atoms with Crippen LogP contribution in [-0.4, -0.2) is 21.9 Å². The lowest BCUT2D eigenvalue weighted by molar-refractivity contribution is -0.122. The molecule has 0 aliphatic carbocycles. The SMILES string of the molecule is O=C1NC(=S)N(c2ccc(Cl)cc2)C(=O)C1=Cc1csc(-c2ccccc2)n1. The minimum absolute atomic E-state index is 0.0257. The van der Waals surface area contributed by atoms with Gasteiger partial charge in [0.25, 0.3) is 11.8 Å². The summed E-state index contributed by atoms with van der Waals surface area (Å²) in [6.45, 7) is 0. The van der Waals surface area contributed by atoms with Crippen LogP contribution < -0.4 is 10.2 Å². The van der Waals surface area contributed by atoms with Gasteiger partial charge in [0.1, 0.15) is 10.6 Å². The van der Waals surface area contributed by atoms with E-state index in [9.17, 15) is 9.59 Å². The molecular weight excluding hydrogens is 414 g/mol. The second-order valence-electron chi connectivity index (χ2n) is 5.88. The smallest absolute Gasteiger partial charge is 0.270 e. The largest absolute Gasteiger partial charge is 0.298 e. The van der Waals surface area contributed by atoms with E-state index in [1.807, 2.05) is 30.3 Å². The Morgan fingerprint density at radius 2 is 1.79 bits per heavy atom. The van der Waals surface area contributed by atoms with E-state index in [4.69, 9.17) is 23.8 Å². The molecule has 5 nitrogen and oxygen atoms in total. The number of thiazole rings is 1. The highest BCUT2D eigenvalue weighted by atomic mass is 35.5. The van der Waals surface area contributed by atoms with Gasteiger partial charge in [-0.3, -0.25) is 19.8 Å². The Bertz CT molecular complexity index is 1110. The summed E-state index contributed by atoms with van der Waals surface area (Å²) in [5.74, 6) is -1.06. The summed E-state index contributed by atoms with van der Waals surface area (Å²) in [5.41, 5.74) is 1.99. The van der Waals surface area contributed by atoms with Crippen molar-refractivity contribution in [3.8, 4) is 10.6 Å². The van der Waals surface area contributed by atoms with E-state index in [0.29, 0.717) is 16.4 Å². The summed E-state index contributed by atoms with van der Waals surface area (Å²) in [4.78, 5) is 31.1. The van der Waals surface area contributed by atoms with Crippen molar-refractivity contribution in [2.24, 2.45) is 0 Å². The molecule has 28 heavy (non-hydrogen) atoms. The van der Waals surface area contributed by atoms with E-state index < -0.39 is 11.8 Å². The quantitative estimate of drug-likeness (QED) is 0.386. The van der Waals surface area contributed by atoms with E-state index in [2.05, 4.69) is 10.3 Å². The summed E-state index contributed by atoms with van der Waals surface area (Å²) in [5, 5.41) is 5.72. The molecule has 8 heteroatoms. The van der Waals surface area contributed by atoms with Crippen LogP contribution in [0.2, 0.25) is 5.02 Å². The maximum absolute atomic E-state index is 13.0. The monoisotopic (exact) mass is 425 g/mol. The molecule has 2 amide bonds. The van der Waals surface area contributed by atoms with Crippen molar-refractivity contribution < 1.29 is 9.59 Å². The van der Waals surface area contributed by atoms with Gasteiger partial charge in [0.15, 0.2) is 5.11 Å². The maximum atomic E-state index is 13.0. The van der Waals surface area contributed by atoms with Crippen molar-refractivity contribution in [1.29, 1.82) is 0 Å². The summed E-state index contributed by atoms with van der Waals surface area (Å²) >= 11 is 12.5. The highest BCUT2D eigenvalue weighted by Gasteiger charge is 2.34. The Morgan fingerprint density at radius 3 is 2.50 bits per heavy atom. The number of thiocarbonyl (C=S) groups is 1. The highest BCUT2D eigenvalue weighted by Crippen LogP contribution is 2.26. The van der Waals surface area contributed by atoms with Gasteiger partial charge in [-0.2, -0.15) is 0 Å². The molecule has 2 heterocycles. The minimum Gasteiger partial charge on any atom is -0.298 e. The first kappa shape index (κ1) is 18.5. The Hall–Kier alpha value is -2.87. The number of nitrogens with zero attached hydrogens (tertiary/aromatic N) is 2. The van der Waals surface area contributed by atoms with Crippen molar-refractivity contribution in [1.82, 2.24) is 10.3 Å². The number of carbonyl (C=O) groups excluding carboxylic acids is 2. The molecule has 138 valence electrons. The van der Waals surface area contributed by atoms with E-state index in [1.165, 1.54) is 22.3 Å². The molecule has 4 rings (SSSR count). The molecule has 0 saturated carbocycles. The van der Waals surface area contributed by atoms with Crippen LogP contribution in [0.25, 0.3) is 16.6 Å². The number of hydrogen-bond donors (Lipinski definition) is 1. The second-order valence-corrected chi connectivity index (χ2v) is 7.56. The normalized spacial score (nSPS) is 15.8. The number of halogens is 1. The number of nitrogens with one attached hydrogen (secondary N) is 1. The molecule has 0 atom stereocenters. The van der Waals surface area contributed by atoms with Crippen LogP contribution in [0.3, 0.4) is 0 Å². The van der Waals surface area contributed by atoms with Crippen LogP contribution in [0.1, 0.15) is 5.69 Å². The number of anilines is 1. The molecule has 0 spiro atoms. The topological polar surface area (TPSA) is 62.3 Å². The zero-order valence-corrected chi connectivity index (χ0v) is 16.6. The van der Waals surface area contributed by atoms with Gasteiger partial charge >= 0.3 is 0 Å². The summed E-state index contributed by atoms with van der Waals surface area (Å²) in [6, 6.07) is 16.3. The molecule has 1 aliphatic heterocycles. The third-order valence-corrected chi connectivity index (χ3v) is 5.47. The van der Waals surface area contributed by atoms with E-state index >= 15 is 0 Å². The lowest BCUT2D eigenvalue weighted by Gasteiger charge is -2.28. The Kier molecular flexibility index (Phi) is 5.04. The number of aromatic nitrogens is 1. The molecule has 3 aromatic rings. The average Bonchev–Trinajstić information content (AvgIpc) is 3.16. The van der Waals surface area contributed by atoms with Gasteiger partial charge < -0.3 is 0 Å². The first-order valence-corrected chi connectivity index (χ1v) is 9.87. The number of amides is 2. The first-order valence-electron chi connectivity index (χ1n) is 8.21.